The molecule has 1 fully saturated rings. The number of nitrogens with one attached hydrogen (secondary N) is 1. The summed E-state index contributed by atoms with van der Waals surface area (Å²) in [4.78, 5) is 0. The van der Waals surface area contributed by atoms with Crippen molar-refractivity contribution in [2.75, 3.05) is 19.8 Å². The zero-order chi connectivity index (χ0) is 13.8. The fraction of sp³-hybridized carbons (Fsp3) is 0.647. The molecule has 1 aliphatic rings. The smallest absolute Gasteiger partial charge is 0.0506 e. The van der Waals surface area contributed by atoms with E-state index < -0.39 is 0 Å². The molecule has 0 saturated carbocycles. The lowest BCUT2D eigenvalue weighted by molar-refractivity contribution is 0.0540. The highest BCUT2D eigenvalue weighted by Crippen LogP contribution is 2.22. The number of ether oxygens (including phenoxy) is 1. The topological polar surface area (TPSA) is 21.3 Å². The van der Waals surface area contributed by atoms with Crippen molar-refractivity contribution in [1.29, 1.82) is 0 Å². The predicted octanol–water partition coefficient (Wildman–Crippen LogP) is 3.69. The lowest BCUT2D eigenvalue weighted by Crippen LogP contribution is -2.31. The van der Waals surface area contributed by atoms with Gasteiger partial charge in [0.25, 0.3) is 0 Å². The molecule has 2 rings (SSSR count). The van der Waals surface area contributed by atoms with Gasteiger partial charge in [-0.05, 0) is 68.7 Å². The van der Waals surface area contributed by atoms with Gasteiger partial charge in [0.2, 0.25) is 0 Å². The van der Waals surface area contributed by atoms with Crippen molar-refractivity contribution in [1.82, 2.24) is 5.32 Å². The normalized spacial score (nSPS) is 21.4. The third kappa shape index (κ3) is 3.80. The molecule has 0 bridgehead atoms. The van der Waals surface area contributed by atoms with E-state index >= 15 is 0 Å². The van der Waals surface area contributed by atoms with Gasteiger partial charge in [-0.3, -0.25) is 0 Å². The van der Waals surface area contributed by atoms with E-state index in [4.69, 9.17) is 4.74 Å². The Bertz CT molecular complexity index is 422. The molecule has 0 amide bonds. The third-order valence-corrected chi connectivity index (χ3v) is 4.32. The number of rotatable bonds is 4. The zero-order valence-electron chi connectivity index (χ0n) is 12.8. The molecule has 19 heavy (non-hydrogen) atoms. The number of aryl methyl sites for hydroxylation is 3. The van der Waals surface area contributed by atoms with Gasteiger partial charge in [-0.2, -0.15) is 0 Å². The van der Waals surface area contributed by atoms with E-state index in [9.17, 15) is 0 Å². The van der Waals surface area contributed by atoms with Crippen molar-refractivity contribution >= 4 is 0 Å². The molecular weight excluding hydrogens is 234 g/mol. The highest BCUT2D eigenvalue weighted by atomic mass is 16.5. The molecule has 0 aliphatic carbocycles. The van der Waals surface area contributed by atoms with Crippen molar-refractivity contribution in [2.45, 2.75) is 46.6 Å². The van der Waals surface area contributed by atoms with Crippen LogP contribution in [0.3, 0.4) is 0 Å². The number of hydrogen-bond acceptors (Lipinski definition) is 2. The Balaban J connectivity index is 1.95. The summed E-state index contributed by atoms with van der Waals surface area (Å²) in [6.45, 7) is 11.8. The molecule has 0 radical (unpaired) electrons. The largest absolute Gasteiger partial charge is 0.381 e. The van der Waals surface area contributed by atoms with Crippen LogP contribution in [-0.2, 0) is 4.74 Å². The fourth-order valence-corrected chi connectivity index (χ4v) is 2.87. The fourth-order valence-electron chi connectivity index (χ4n) is 2.87. The third-order valence-electron chi connectivity index (χ3n) is 4.32. The Labute approximate surface area is 117 Å². The summed E-state index contributed by atoms with van der Waals surface area (Å²) < 4.78 is 5.54. The van der Waals surface area contributed by atoms with Gasteiger partial charge in [0, 0.05) is 19.2 Å². The molecule has 106 valence electrons. The van der Waals surface area contributed by atoms with Crippen LogP contribution in [0.4, 0.5) is 0 Å². The minimum absolute atomic E-state index is 0.418. The Kier molecular flexibility index (Phi) is 5.00. The van der Waals surface area contributed by atoms with Crippen molar-refractivity contribution in [3.8, 4) is 0 Å². The van der Waals surface area contributed by atoms with Crippen molar-refractivity contribution in [3.05, 3.63) is 34.4 Å². The molecule has 1 N–H and O–H groups in total. The number of hydrogen-bond donors (Lipinski definition) is 1. The summed E-state index contributed by atoms with van der Waals surface area (Å²) in [5, 5.41) is 3.68. The van der Waals surface area contributed by atoms with Gasteiger partial charge >= 0.3 is 0 Å². The van der Waals surface area contributed by atoms with Crippen LogP contribution in [0.25, 0.3) is 0 Å². The van der Waals surface area contributed by atoms with Crippen molar-refractivity contribution < 1.29 is 4.74 Å². The molecule has 2 heteroatoms. The first-order valence-electron chi connectivity index (χ1n) is 7.47. The van der Waals surface area contributed by atoms with Gasteiger partial charge in [0.15, 0.2) is 0 Å². The van der Waals surface area contributed by atoms with Crippen LogP contribution in [-0.4, -0.2) is 19.8 Å². The summed E-state index contributed by atoms with van der Waals surface area (Å²) in [5.41, 5.74) is 5.59. The molecular formula is C17H27NO. The minimum Gasteiger partial charge on any atom is -0.381 e. The van der Waals surface area contributed by atoms with E-state index in [1.807, 2.05) is 0 Å². The highest BCUT2D eigenvalue weighted by Gasteiger charge is 2.16. The zero-order valence-corrected chi connectivity index (χ0v) is 12.8. The molecule has 1 aromatic carbocycles. The van der Waals surface area contributed by atoms with E-state index in [-0.39, 0.29) is 0 Å². The maximum absolute atomic E-state index is 5.54. The van der Waals surface area contributed by atoms with Crippen LogP contribution in [0.2, 0.25) is 0 Å². The van der Waals surface area contributed by atoms with Gasteiger partial charge in [-0.15, -0.1) is 0 Å². The quantitative estimate of drug-likeness (QED) is 0.892. The van der Waals surface area contributed by atoms with Crippen LogP contribution >= 0.6 is 0 Å². The SMILES string of the molecule is Cc1cc(C)c(C(C)NCC2CCCOC2)cc1C. The molecule has 0 spiro atoms. The monoisotopic (exact) mass is 261 g/mol. The summed E-state index contributed by atoms with van der Waals surface area (Å²) >= 11 is 0. The molecule has 1 aromatic rings. The van der Waals surface area contributed by atoms with E-state index in [0.29, 0.717) is 12.0 Å². The standard InChI is InChI=1S/C17H27NO/c1-12-8-14(3)17(9-13(12)2)15(4)18-10-16-6-5-7-19-11-16/h8-9,15-16,18H,5-7,10-11H2,1-4H3. The summed E-state index contributed by atoms with van der Waals surface area (Å²) in [6.07, 6.45) is 2.51. The average Bonchev–Trinajstić information content (AvgIpc) is 2.41. The minimum atomic E-state index is 0.418. The van der Waals surface area contributed by atoms with Gasteiger partial charge in [-0.1, -0.05) is 12.1 Å². The highest BCUT2D eigenvalue weighted by molar-refractivity contribution is 5.37. The van der Waals surface area contributed by atoms with Gasteiger partial charge in [0.05, 0.1) is 6.61 Å². The second-order valence-electron chi connectivity index (χ2n) is 6.01. The van der Waals surface area contributed by atoms with E-state index in [1.165, 1.54) is 35.1 Å². The summed E-state index contributed by atoms with van der Waals surface area (Å²) in [6, 6.07) is 5.05. The Hall–Kier alpha value is -0.860. The molecule has 1 heterocycles. The average molecular weight is 261 g/mol. The van der Waals surface area contributed by atoms with Crippen LogP contribution in [0.1, 0.15) is 48.1 Å². The molecule has 2 atom stereocenters. The van der Waals surface area contributed by atoms with Gasteiger partial charge < -0.3 is 10.1 Å². The van der Waals surface area contributed by atoms with Gasteiger partial charge in [-0.25, -0.2) is 0 Å². The van der Waals surface area contributed by atoms with Crippen LogP contribution < -0.4 is 5.32 Å². The molecule has 2 nitrogen and oxygen atoms in total. The summed E-state index contributed by atoms with van der Waals surface area (Å²) in [5.74, 6) is 0.683. The predicted molar refractivity (Wildman–Crippen MR) is 80.6 cm³/mol. The maximum Gasteiger partial charge on any atom is 0.0506 e. The Morgan fingerprint density at radius 2 is 1.95 bits per heavy atom. The van der Waals surface area contributed by atoms with Gasteiger partial charge in [0.1, 0.15) is 0 Å². The lowest BCUT2D eigenvalue weighted by Gasteiger charge is -2.25. The van der Waals surface area contributed by atoms with E-state index in [1.54, 1.807) is 0 Å². The van der Waals surface area contributed by atoms with Crippen LogP contribution in [0.15, 0.2) is 12.1 Å². The Morgan fingerprint density at radius 3 is 2.63 bits per heavy atom. The summed E-state index contributed by atoms with van der Waals surface area (Å²) in [7, 11) is 0. The molecule has 0 aromatic heterocycles. The van der Waals surface area contributed by atoms with Crippen LogP contribution in [0.5, 0.6) is 0 Å². The molecule has 1 aliphatic heterocycles. The molecule has 1 saturated heterocycles. The first kappa shape index (κ1) is 14.5. The van der Waals surface area contributed by atoms with Crippen molar-refractivity contribution in [2.24, 2.45) is 5.92 Å². The Morgan fingerprint density at radius 1 is 1.21 bits per heavy atom. The second kappa shape index (κ2) is 6.53. The molecule has 2 unspecified atom stereocenters. The maximum atomic E-state index is 5.54. The van der Waals surface area contributed by atoms with Crippen molar-refractivity contribution in [3.63, 3.8) is 0 Å². The van der Waals surface area contributed by atoms with Crippen LogP contribution in [0, 0.1) is 26.7 Å². The second-order valence-corrected chi connectivity index (χ2v) is 6.01. The van der Waals surface area contributed by atoms with E-state index in [2.05, 4.69) is 45.1 Å². The first-order chi connectivity index (χ1) is 9.08. The number of benzene rings is 1. The lowest BCUT2D eigenvalue weighted by atomic mass is 9.95. The van der Waals surface area contributed by atoms with E-state index in [0.717, 1.165) is 19.8 Å². The first-order valence-corrected chi connectivity index (χ1v) is 7.47.